The Morgan fingerprint density at radius 2 is 1.93 bits per heavy atom. The van der Waals surface area contributed by atoms with Gasteiger partial charge in [0.15, 0.2) is 9.84 Å². The van der Waals surface area contributed by atoms with E-state index >= 15 is 0 Å². The Morgan fingerprint density at radius 3 is 2.59 bits per heavy atom. The van der Waals surface area contributed by atoms with Crippen molar-refractivity contribution in [2.75, 3.05) is 37.7 Å². The van der Waals surface area contributed by atoms with Crippen LogP contribution in [0.5, 0.6) is 0 Å². The van der Waals surface area contributed by atoms with Crippen molar-refractivity contribution in [3.63, 3.8) is 0 Å². The number of hydrogen-bond acceptors (Lipinski definition) is 4. The molecule has 0 radical (unpaired) electrons. The lowest BCUT2D eigenvalue weighted by atomic mass is 10.2. The number of quaternary nitrogens is 1. The van der Waals surface area contributed by atoms with Gasteiger partial charge in [0.05, 0.1) is 50.2 Å². The molecule has 2 fully saturated rings. The van der Waals surface area contributed by atoms with Crippen LogP contribution in [0.15, 0.2) is 42.7 Å². The highest BCUT2D eigenvalue weighted by molar-refractivity contribution is 7.91. The maximum atomic E-state index is 12.8. The van der Waals surface area contributed by atoms with Crippen molar-refractivity contribution in [1.29, 1.82) is 0 Å². The second-order valence-corrected chi connectivity index (χ2v) is 9.69. The normalized spacial score (nSPS) is 22.8. The van der Waals surface area contributed by atoms with Gasteiger partial charge < -0.3 is 9.80 Å². The highest BCUT2D eigenvalue weighted by atomic mass is 32.2. The molecule has 144 valence electrons. The van der Waals surface area contributed by atoms with E-state index in [4.69, 9.17) is 0 Å². The minimum absolute atomic E-state index is 0.00686. The summed E-state index contributed by atoms with van der Waals surface area (Å²) in [7, 11) is -2.85. The van der Waals surface area contributed by atoms with Crippen molar-refractivity contribution < 1.29 is 18.1 Å². The number of hydrogen-bond donors (Lipinski definition) is 1. The minimum Gasteiger partial charge on any atom is -0.329 e. The maximum Gasteiger partial charge on any atom is 0.257 e. The van der Waals surface area contributed by atoms with Crippen molar-refractivity contribution in [3.05, 3.63) is 53.9 Å². The van der Waals surface area contributed by atoms with Crippen molar-refractivity contribution in [2.24, 2.45) is 0 Å². The van der Waals surface area contributed by atoms with Crippen LogP contribution in [0.4, 0.5) is 0 Å². The fraction of sp³-hybridized carbons (Fsp3) is 0.474. The first-order chi connectivity index (χ1) is 13.0. The van der Waals surface area contributed by atoms with Crippen molar-refractivity contribution in [1.82, 2.24) is 14.7 Å². The Hall–Kier alpha value is -2.19. The van der Waals surface area contributed by atoms with Crippen molar-refractivity contribution in [3.8, 4) is 0 Å². The van der Waals surface area contributed by atoms with Gasteiger partial charge in [-0.05, 0) is 5.56 Å². The molecule has 2 aromatic rings. The molecule has 1 N–H and O–H groups in total. The van der Waals surface area contributed by atoms with Crippen LogP contribution in [-0.4, -0.2) is 72.7 Å². The summed E-state index contributed by atoms with van der Waals surface area (Å²) in [4.78, 5) is 15.9. The largest absolute Gasteiger partial charge is 0.329 e. The van der Waals surface area contributed by atoms with Crippen LogP contribution in [-0.2, 0) is 16.4 Å². The van der Waals surface area contributed by atoms with Gasteiger partial charge in [-0.2, -0.15) is 5.10 Å². The Labute approximate surface area is 159 Å². The molecular formula is C19H25N4O3S+. The fourth-order valence-corrected chi connectivity index (χ4v) is 5.86. The first-order valence-corrected chi connectivity index (χ1v) is 11.2. The second kappa shape index (κ2) is 7.44. The number of nitrogens with zero attached hydrogens (tertiary/aromatic N) is 3. The van der Waals surface area contributed by atoms with E-state index < -0.39 is 9.84 Å². The zero-order valence-electron chi connectivity index (χ0n) is 15.3. The average molecular weight is 390 g/mol. The maximum absolute atomic E-state index is 12.8. The van der Waals surface area contributed by atoms with Gasteiger partial charge in [0.25, 0.3) is 5.91 Å². The Kier molecular flexibility index (Phi) is 5.01. The molecule has 7 nitrogen and oxygen atoms in total. The molecule has 1 aromatic heterocycles. The third kappa shape index (κ3) is 4.22. The SMILES string of the molecule is O=C(c1cnn(Cc2ccccc2)c1)N1CC[NH+]([C@@H]2CCS(=O)(=O)C2)CC1. The number of carbonyl (C=O) groups excluding carboxylic acids is 1. The molecule has 0 bridgehead atoms. The average Bonchev–Trinajstić information content (AvgIpc) is 3.28. The highest BCUT2D eigenvalue weighted by Gasteiger charge is 2.37. The van der Waals surface area contributed by atoms with Crippen LogP contribution in [0.3, 0.4) is 0 Å². The predicted molar refractivity (Wildman–Crippen MR) is 101 cm³/mol. The number of amides is 1. The Morgan fingerprint density at radius 1 is 1.19 bits per heavy atom. The molecule has 1 aromatic carbocycles. The smallest absolute Gasteiger partial charge is 0.257 e. The molecule has 8 heteroatoms. The van der Waals surface area contributed by atoms with Crippen LogP contribution >= 0.6 is 0 Å². The minimum atomic E-state index is -2.85. The third-order valence-corrected chi connectivity index (χ3v) is 7.34. The molecule has 0 aliphatic carbocycles. The van der Waals surface area contributed by atoms with Gasteiger partial charge in [0, 0.05) is 12.6 Å². The second-order valence-electron chi connectivity index (χ2n) is 7.46. The van der Waals surface area contributed by atoms with E-state index in [1.165, 1.54) is 4.90 Å². The first kappa shape index (κ1) is 18.2. The molecule has 2 aliphatic rings. The lowest BCUT2D eigenvalue weighted by molar-refractivity contribution is -0.925. The van der Waals surface area contributed by atoms with E-state index in [0.717, 1.165) is 25.1 Å². The molecule has 4 rings (SSSR count). The first-order valence-electron chi connectivity index (χ1n) is 9.41. The van der Waals surface area contributed by atoms with E-state index in [1.807, 2.05) is 35.2 Å². The summed E-state index contributed by atoms with van der Waals surface area (Å²) in [5, 5.41) is 4.32. The molecule has 3 heterocycles. The summed E-state index contributed by atoms with van der Waals surface area (Å²) < 4.78 is 25.2. The lowest BCUT2D eigenvalue weighted by Gasteiger charge is -2.34. The number of benzene rings is 1. The number of nitrogens with one attached hydrogen (secondary N) is 1. The number of rotatable bonds is 4. The molecule has 1 atom stereocenters. The standard InChI is InChI=1S/C19H24N4O3S/c24-19(17-12-20-23(14-17)13-16-4-2-1-3-5-16)22-9-7-21(8-10-22)18-6-11-27(25,26)15-18/h1-5,12,14,18H,6-11,13,15H2/p+1/t18-/m1/s1. The number of sulfone groups is 1. The summed E-state index contributed by atoms with van der Waals surface area (Å²) in [6.45, 7) is 3.58. The van der Waals surface area contributed by atoms with Gasteiger partial charge in [-0.15, -0.1) is 0 Å². The topological polar surface area (TPSA) is 76.7 Å². The van der Waals surface area contributed by atoms with E-state index in [2.05, 4.69) is 5.10 Å². The number of piperazine rings is 1. The summed E-state index contributed by atoms with van der Waals surface area (Å²) in [6.07, 6.45) is 4.18. The quantitative estimate of drug-likeness (QED) is 0.762. The summed E-state index contributed by atoms with van der Waals surface area (Å²) >= 11 is 0. The van der Waals surface area contributed by atoms with Crippen LogP contribution in [0, 0.1) is 0 Å². The van der Waals surface area contributed by atoms with E-state index in [9.17, 15) is 13.2 Å². The fourth-order valence-electron chi connectivity index (χ4n) is 4.04. The molecule has 2 saturated heterocycles. The van der Waals surface area contributed by atoms with E-state index in [1.54, 1.807) is 17.1 Å². The lowest BCUT2D eigenvalue weighted by Crippen LogP contribution is -3.18. The Balaban J connectivity index is 1.33. The molecule has 2 aliphatic heterocycles. The monoisotopic (exact) mass is 389 g/mol. The predicted octanol–water partition coefficient (Wildman–Crippen LogP) is -0.541. The van der Waals surface area contributed by atoms with Gasteiger partial charge in [-0.3, -0.25) is 9.48 Å². The molecule has 27 heavy (non-hydrogen) atoms. The van der Waals surface area contributed by atoms with E-state index in [0.29, 0.717) is 36.7 Å². The van der Waals surface area contributed by atoms with Crippen LogP contribution < -0.4 is 4.90 Å². The van der Waals surface area contributed by atoms with Crippen LogP contribution in [0.2, 0.25) is 0 Å². The Bertz CT molecular complexity index is 902. The third-order valence-electron chi connectivity index (χ3n) is 5.57. The number of carbonyl (C=O) groups is 1. The zero-order valence-corrected chi connectivity index (χ0v) is 16.1. The summed E-state index contributed by atoms with van der Waals surface area (Å²) in [5.74, 6) is 0.611. The molecular weight excluding hydrogens is 364 g/mol. The van der Waals surface area contributed by atoms with Crippen molar-refractivity contribution in [2.45, 2.75) is 19.0 Å². The summed E-state index contributed by atoms with van der Waals surface area (Å²) in [5.41, 5.74) is 1.75. The van der Waals surface area contributed by atoms with Crippen molar-refractivity contribution >= 4 is 15.7 Å². The van der Waals surface area contributed by atoms with Gasteiger partial charge in [-0.1, -0.05) is 30.3 Å². The van der Waals surface area contributed by atoms with Gasteiger partial charge in [-0.25, -0.2) is 8.42 Å². The molecule has 0 spiro atoms. The van der Waals surface area contributed by atoms with E-state index in [-0.39, 0.29) is 11.9 Å². The van der Waals surface area contributed by atoms with Crippen LogP contribution in [0.1, 0.15) is 22.3 Å². The molecule has 0 unspecified atom stereocenters. The summed E-state index contributed by atoms with van der Waals surface area (Å²) in [6, 6.07) is 10.2. The number of aromatic nitrogens is 2. The highest BCUT2D eigenvalue weighted by Crippen LogP contribution is 2.11. The zero-order chi connectivity index (χ0) is 18.9. The van der Waals surface area contributed by atoms with Gasteiger partial charge in [0.1, 0.15) is 11.8 Å². The molecule has 1 amide bonds. The molecule has 0 saturated carbocycles. The van der Waals surface area contributed by atoms with Crippen LogP contribution in [0.25, 0.3) is 0 Å². The van der Waals surface area contributed by atoms with Gasteiger partial charge in [0.2, 0.25) is 0 Å². The van der Waals surface area contributed by atoms with Gasteiger partial charge >= 0.3 is 0 Å².